The molecule has 0 aromatic heterocycles. The van der Waals surface area contributed by atoms with Gasteiger partial charge < -0.3 is 15.9 Å². The van der Waals surface area contributed by atoms with Crippen LogP contribution in [0.25, 0.3) is 0 Å². The van der Waals surface area contributed by atoms with E-state index in [9.17, 15) is 0 Å². The number of nitrogens with zero attached hydrogens (tertiary/aromatic N) is 1. The van der Waals surface area contributed by atoms with Gasteiger partial charge in [-0.25, -0.2) is 0 Å². The summed E-state index contributed by atoms with van der Waals surface area (Å²) in [5, 5.41) is 6.54. The van der Waals surface area contributed by atoms with Crippen molar-refractivity contribution in [2.24, 2.45) is 10.9 Å². The molecule has 0 atom stereocenters. The molecule has 4 heteroatoms. The third-order valence-corrected chi connectivity index (χ3v) is 1.77. The predicted octanol–water partition coefficient (Wildman–Crippen LogP) is 0.727. The first-order chi connectivity index (χ1) is 6.41. The summed E-state index contributed by atoms with van der Waals surface area (Å²) in [5.74, 6) is 0. The van der Waals surface area contributed by atoms with E-state index in [4.69, 9.17) is 10.6 Å². The van der Waals surface area contributed by atoms with Crippen molar-refractivity contribution in [1.29, 1.82) is 0 Å². The van der Waals surface area contributed by atoms with Crippen LogP contribution in [-0.4, -0.2) is 33.0 Å². The zero-order valence-electron chi connectivity index (χ0n) is 8.30. The molecule has 0 unspecified atom stereocenters. The van der Waals surface area contributed by atoms with E-state index in [1.54, 1.807) is 0 Å². The fraction of sp³-hybridized carbons (Fsp3) is 0.889. The Morgan fingerprint density at radius 3 is 2.62 bits per heavy atom. The van der Waals surface area contributed by atoms with Crippen molar-refractivity contribution in [2.45, 2.75) is 25.7 Å². The van der Waals surface area contributed by atoms with Crippen molar-refractivity contribution < 1.29 is 4.84 Å². The van der Waals surface area contributed by atoms with Gasteiger partial charge in [-0.3, -0.25) is 0 Å². The lowest BCUT2D eigenvalue weighted by Gasteiger charge is -2.03. The van der Waals surface area contributed by atoms with Crippen LogP contribution in [0, 0.1) is 0 Å². The highest BCUT2D eigenvalue weighted by Crippen LogP contribution is 1.96. The van der Waals surface area contributed by atoms with Gasteiger partial charge >= 0.3 is 0 Å². The first kappa shape index (κ1) is 12.4. The molecule has 0 radical (unpaired) electrons. The van der Waals surface area contributed by atoms with Gasteiger partial charge in [0, 0.05) is 13.3 Å². The second-order valence-corrected chi connectivity index (χ2v) is 2.92. The molecule has 0 aliphatic carbocycles. The summed E-state index contributed by atoms with van der Waals surface area (Å²) in [5.41, 5.74) is 5.38. The lowest BCUT2D eigenvalue weighted by atomic mass is 10.2. The second-order valence-electron chi connectivity index (χ2n) is 2.92. The third-order valence-electron chi connectivity index (χ3n) is 1.77. The standard InChI is InChI=1S/C9H21N3O/c1-11-13-9-8-12-7-5-3-2-4-6-10/h12H,1-10H2. The molecule has 0 aromatic carbocycles. The molecule has 0 amide bonds. The summed E-state index contributed by atoms with van der Waals surface area (Å²) in [6, 6.07) is 0. The van der Waals surface area contributed by atoms with Crippen molar-refractivity contribution in [3.8, 4) is 0 Å². The van der Waals surface area contributed by atoms with E-state index < -0.39 is 0 Å². The van der Waals surface area contributed by atoms with Gasteiger partial charge in [0.25, 0.3) is 0 Å². The Hall–Kier alpha value is -0.610. The van der Waals surface area contributed by atoms with E-state index in [1.165, 1.54) is 19.3 Å². The first-order valence-corrected chi connectivity index (χ1v) is 4.90. The molecule has 0 aromatic rings. The smallest absolute Gasteiger partial charge is 0.129 e. The molecular formula is C9H21N3O. The fourth-order valence-electron chi connectivity index (χ4n) is 1.06. The minimum atomic E-state index is 0.603. The van der Waals surface area contributed by atoms with Crippen LogP contribution in [0.5, 0.6) is 0 Å². The van der Waals surface area contributed by atoms with Crippen LogP contribution in [0.1, 0.15) is 25.7 Å². The highest BCUT2D eigenvalue weighted by Gasteiger charge is 1.89. The maximum atomic E-state index is 5.38. The molecule has 0 spiro atoms. The average molecular weight is 187 g/mol. The van der Waals surface area contributed by atoms with E-state index in [-0.39, 0.29) is 0 Å². The van der Waals surface area contributed by atoms with Crippen molar-refractivity contribution in [3.05, 3.63) is 0 Å². The van der Waals surface area contributed by atoms with Gasteiger partial charge in [0.1, 0.15) is 6.61 Å². The summed E-state index contributed by atoms with van der Waals surface area (Å²) in [6.07, 6.45) is 4.85. The zero-order valence-corrected chi connectivity index (χ0v) is 8.30. The molecule has 4 nitrogen and oxygen atoms in total. The van der Waals surface area contributed by atoms with Crippen LogP contribution in [0.3, 0.4) is 0 Å². The van der Waals surface area contributed by atoms with Crippen LogP contribution in [0.15, 0.2) is 5.16 Å². The Morgan fingerprint density at radius 2 is 1.92 bits per heavy atom. The van der Waals surface area contributed by atoms with Crippen LogP contribution in [-0.2, 0) is 4.84 Å². The van der Waals surface area contributed by atoms with Crippen LogP contribution in [0.2, 0.25) is 0 Å². The lowest BCUT2D eigenvalue weighted by molar-refractivity contribution is 0.149. The molecule has 0 heterocycles. The third kappa shape index (κ3) is 11.4. The number of oxime groups is 1. The van der Waals surface area contributed by atoms with E-state index >= 15 is 0 Å². The monoisotopic (exact) mass is 187 g/mol. The summed E-state index contributed by atoms with van der Waals surface area (Å²) in [7, 11) is 0. The summed E-state index contributed by atoms with van der Waals surface area (Å²) >= 11 is 0. The van der Waals surface area contributed by atoms with E-state index in [0.717, 1.165) is 26.1 Å². The summed E-state index contributed by atoms with van der Waals surface area (Å²) in [6.45, 7) is 6.52. The number of nitrogens with two attached hydrogens (primary N) is 1. The quantitative estimate of drug-likeness (QED) is 0.301. The maximum Gasteiger partial charge on any atom is 0.129 e. The molecule has 0 aliphatic rings. The van der Waals surface area contributed by atoms with Crippen LogP contribution < -0.4 is 11.1 Å². The Kier molecular flexibility index (Phi) is 10.9. The molecule has 0 saturated heterocycles. The Balaban J connectivity index is 2.79. The molecule has 0 aliphatic heterocycles. The highest BCUT2D eigenvalue weighted by molar-refractivity contribution is 5.21. The van der Waals surface area contributed by atoms with Gasteiger partial charge in [-0.15, -0.1) is 5.16 Å². The number of unbranched alkanes of at least 4 members (excludes halogenated alkanes) is 3. The topological polar surface area (TPSA) is 59.6 Å². The number of hydrogen-bond acceptors (Lipinski definition) is 4. The second kappa shape index (κ2) is 11.4. The maximum absolute atomic E-state index is 5.38. The largest absolute Gasteiger partial charge is 0.395 e. The van der Waals surface area contributed by atoms with Crippen LogP contribution >= 0.6 is 0 Å². The summed E-state index contributed by atoms with van der Waals surface area (Å²) < 4.78 is 0. The van der Waals surface area contributed by atoms with Crippen LogP contribution in [0.4, 0.5) is 0 Å². The minimum absolute atomic E-state index is 0.603. The molecular weight excluding hydrogens is 166 g/mol. The highest BCUT2D eigenvalue weighted by atomic mass is 16.6. The molecule has 0 saturated carbocycles. The Bertz CT molecular complexity index is 109. The fourth-order valence-corrected chi connectivity index (χ4v) is 1.06. The molecule has 0 rings (SSSR count). The van der Waals surface area contributed by atoms with Gasteiger partial charge in [-0.05, 0) is 25.9 Å². The number of rotatable bonds is 10. The molecule has 0 bridgehead atoms. The minimum Gasteiger partial charge on any atom is -0.395 e. The van der Waals surface area contributed by atoms with Gasteiger partial charge in [0.2, 0.25) is 0 Å². The van der Waals surface area contributed by atoms with Crippen molar-refractivity contribution in [1.82, 2.24) is 5.32 Å². The van der Waals surface area contributed by atoms with Crippen molar-refractivity contribution >= 4 is 6.72 Å². The van der Waals surface area contributed by atoms with Crippen molar-refractivity contribution in [2.75, 3.05) is 26.2 Å². The molecule has 13 heavy (non-hydrogen) atoms. The van der Waals surface area contributed by atoms with Gasteiger partial charge in [-0.1, -0.05) is 12.8 Å². The van der Waals surface area contributed by atoms with Gasteiger partial charge in [0.15, 0.2) is 0 Å². The van der Waals surface area contributed by atoms with E-state index in [2.05, 4.69) is 17.2 Å². The predicted molar refractivity (Wildman–Crippen MR) is 55.9 cm³/mol. The van der Waals surface area contributed by atoms with Crippen molar-refractivity contribution in [3.63, 3.8) is 0 Å². The molecule has 3 N–H and O–H groups in total. The zero-order chi connectivity index (χ0) is 9.78. The van der Waals surface area contributed by atoms with E-state index in [0.29, 0.717) is 6.61 Å². The lowest BCUT2D eigenvalue weighted by Crippen LogP contribution is -2.20. The SMILES string of the molecule is C=NOCCNCCCCCCN. The molecule has 78 valence electrons. The number of nitrogens with one attached hydrogen (secondary N) is 1. The van der Waals surface area contributed by atoms with Gasteiger partial charge in [-0.2, -0.15) is 0 Å². The average Bonchev–Trinajstić information content (AvgIpc) is 2.16. The summed E-state index contributed by atoms with van der Waals surface area (Å²) in [4.78, 5) is 4.71. The Labute approximate surface area is 80.5 Å². The van der Waals surface area contributed by atoms with Gasteiger partial charge in [0.05, 0.1) is 0 Å². The normalized spacial score (nSPS) is 9.92. The first-order valence-electron chi connectivity index (χ1n) is 4.90. The number of hydrogen-bond donors (Lipinski definition) is 2. The molecule has 0 fully saturated rings. The Morgan fingerprint density at radius 1 is 1.15 bits per heavy atom. The van der Waals surface area contributed by atoms with E-state index in [1.807, 2.05) is 0 Å².